The lowest BCUT2D eigenvalue weighted by atomic mass is 9.68. The van der Waals surface area contributed by atoms with Gasteiger partial charge in [-0.05, 0) is 39.3 Å². The highest BCUT2D eigenvalue weighted by atomic mass is 35.5. The van der Waals surface area contributed by atoms with Gasteiger partial charge in [0.15, 0.2) is 0 Å². The maximum atomic E-state index is 13.0. The van der Waals surface area contributed by atoms with Crippen LogP contribution in [0.5, 0.6) is 0 Å². The number of hydrogen-bond acceptors (Lipinski definition) is 3. The summed E-state index contributed by atoms with van der Waals surface area (Å²) in [5.41, 5.74) is -0.860. The number of ether oxygens (including phenoxy) is 1. The molecule has 0 bridgehead atoms. The standard InChI is InChI=1S/C17H23NO2.ClH/c1-4-20-16(19)17(14-10-6-5-7-11-14)13-9-8-12-15(17)18(2)3;/h5-8,10-12,15H,4,9,13H2,1-3H3;1H/t15-,17+;/m1./s1/i2D3,3D3;. The molecule has 0 aromatic heterocycles. The number of carbonyl (C=O) groups is 1. The van der Waals surface area contributed by atoms with E-state index < -0.39 is 31.4 Å². The Balaban J connectivity index is 0.00000364. The van der Waals surface area contributed by atoms with Crippen LogP contribution in [0.15, 0.2) is 42.5 Å². The van der Waals surface area contributed by atoms with Crippen molar-refractivity contribution in [2.75, 3.05) is 20.6 Å². The summed E-state index contributed by atoms with van der Waals surface area (Å²) in [4.78, 5) is 13.5. The van der Waals surface area contributed by atoms with E-state index in [-0.39, 0.29) is 25.4 Å². The summed E-state index contributed by atoms with van der Waals surface area (Å²) in [5, 5.41) is 0. The Morgan fingerprint density at radius 3 is 2.76 bits per heavy atom. The fraction of sp³-hybridized carbons (Fsp3) is 0.471. The minimum Gasteiger partial charge on any atom is -0.465 e. The number of carbonyl (C=O) groups excluding carboxylic acids is 1. The molecule has 0 saturated carbocycles. The van der Waals surface area contributed by atoms with Crippen molar-refractivity contribution in [3.8, 4) is 0 Å². The van der Waals surface area contributed by atoms with Crippen LogP contribution in [0.3, 0.4) is 0 Å². The molecule has 0 unspecified atom stereocenters. The van der Waals surface area contributed by atoms with Crippen molar-refractivity contribution < 1.29 is 17.8 Å². The molecular weight excluding hydrogens is 286 g/mol. The molecule has 4 heteroatoms. The number of rotatable bonds is 4. The van der Waals surface area contributed by atoms with Crippen LogP contribution in [-0.2, 0) is 14.9 Å². The molecule has 2 rings (SSSR count). The Labute approximate surface area is 141 Å². The Morgan fingerprint density at radius 2 is 2.14 bits per heavy atom. The molecule has 116 valence electrons. The van der Waals surface area contributed by atoms with Crippen LogP contribution in [0, 0.1) is 0 Å². The number of likely N-dealkylation sites (N-methyl/N-ethyl adjacent to an activating group) is 1. The molecular formula is C17H24ClNO2. The van der Waals surface area contributed by atoms with Gasteiger partial charge in [-0.1, -0.05) is 42.5 Å². The smallest absolute Gasteiger partial charge is 0.318 e. The van der Waals surface area contributed by atoms with E-state index in [2.05, 4.69) is 0 Å². The van der Waals surface area contributed by atoms with Gasteiger partial charge in [-0.3, -0.25) is 4.79 Å². The van der Waals surface area contributed by atoms with Crippen LogP contribution >= 0.6 is 12.4 Å². The lowest BCUT2D eigenvalue weighted by Gasteiger charge is -2.42. The summed E-state index contributed by atoms with van der Waals surface area (Å²) < 4.78 is 51.9. The Hall–Kier alpha value is -1.32. The van der Waals surface area contributed by atoms with E-state index in [0.29, 0.717) is 16.9 Å². The van der Waals surface area contributed by atoms with Gasteiger partial charge >= 0.3 is 5.97 Å². The van der Waals surface area contributed by atoms with Crippen LogP contribution in [0.2, 0.25) is 0 Å². The van der Waals surface area contributed by atoms with Gasteiger partial charge in [-0.25, -0.2) is 0 Å². The third kappa shape index (κ3) is 3.30. The fourth-order valence-corrected chi connectivity index (χ4v) is 2.81. The van der Waals surface area contributed by atoms with Gasteiger partial charge in [-0.15, -0.1) is 12.4 Å². The average molecular weight is 316 g/mol. The first kappa shape index (κ1) is 10.4. The number of benzene rings is 1. The van der Waals surface area contributed by atoms with Crippen LogP contribution in [0.4, 0.5) is 0 Å². The first-order valence-electron chi connectivity index (χ1n) is 9.74. The maximum absolute atomic E-state index is 13.0. The monoisotopic (exact) mass is 315 g/mol. The van der Waals surface area contributed by atoms with Crippen molar-refractivity contribution >= 4 is 18.4 Å². The molecule has 1 aromatic carbocycles. The summed E-state index contributed by atoms with van der Waals surface area (Å²) in [5.74, 6) is -0.612. The second-order valence-corrected chi connectivity index (χ2v) is 4.84. The highest BCUT2D eigenvalue weighted by Crippen LogP contribution is 2.40. The summed E-state index contributed by atoms with van der Waals surface area (Å²) in [6.45, 7) is -4.05. The summed E-state index contributed by atoms with van der Waals surface area (Å²) in [7, 11) is 0. The summed E-state index contributed by atoms with van der Waals surface area (Å²) >= 11 is 0. The Bertz CT molecular complexity index is 648. The maximum Gasteiger partial charge on any atom is 0.318 e. The molecule has 21 heavy (non-hydrogen) atoms. The van der Waals surface area contributed by atoms with E-state index in [1.807, 2.05) is 0 Å². The average Bonchev–Trinajstić information content (AvgIpc) is 2.54. The van der Waals surface area contributed by atoms with Crippen LogP contribution in [-0.4, -0.2) is 37.5 Å². The van der Waals surface area contributed by atoms with Gasteiger partial charge in [0.25, 0.3) is 0 Å². The SMILES string of the molecule is Cl.[2H]C([2H])([2H])N([C@@H]1C=CCC[C@]1(C(=O)OCC)c1ccccc1)C([2H])([2H])[2H]. The molecule has 3 nitrogen and oxygen atoms in total. The van der Waals surface area contributed by atoms with E-state index in [4.69, 9.17) is 13.0 Å². The van der Waals surface area contributed by atoms with Gasteiger partial charge in [0, 0.05) is 14.3 Å². The number of allylic oxidation sites excluding steroid dienone is 1. The van der Waals surface area contributed by atoms with Crippen LogP contribution < -0.4 is 0 Å². The second-order valence-electron chi connectivity index (χ2n) is 4.84. The zero-order valence-electron chi connectivity index (χ0n) is 17.9. The van der Waals surface area contributed by atoms with Gasteiger partial charge in [0.2, 0.25) is 0 Å². The molecule has 0 spiro atoms. The predicted molar refractivity (Wildman–Crippen MR) is 87.9 cm³/mol. The van der Waals surface area contributed by atoms with E-state index in [1.54, 1.807) is 43.3 Å². The van der Waals surface area contributed by atoms with E-state index in [0.717, 1.165) is 0 Å². The zero-order chi connectivity index (χ0) is 19.6. The van der Waals surface area contributed by atoms with Gasteiger partial charge in [0.1, 0.15) is 5.41 Å². The van der Waals surface area contributed by atoms with Crippen molar-refractivity contribution in [2.45, 2.75) is 31.2 Å². The molecule has 1 aliphatic carbocycles. The van der Waals surface area contributed by atoms with Crippen molar-refractivity contribution in [2.24, 2.45) is 0 Å². The number of hydrogen-bond donors (Lipinski definition) is 0. The lowest BCUT2D eigenvalue weighted by molar-refractivity contribution is -0.152. The molecule has 0 radical (unpaired) electrons. The molecule has 0 N–H and O–H groups in total. The molecule has 0 fully saturated rings. The molecule has 2 atom stereocenters. The number of esters is 1. The Kier molecular flexibility index (Phi) is 3.78. The largest absolute Gasteiger partial charge is 0.465 e. The highest BCUT2D eigenvalue weighted by Gasteiger charge is 2.49. The first-order chi connectivity index (χ1) is 12.0. The molecule has 0 aliphatic heterocycles. The quantitative estimate of drug-likeness (QED) is 0.631. The summed E-state index contributed by atoms with van der Waals surface area (Å²) in [6, 6.07) is 7.49. The zero-order valence-corrected chi connectivity index (χ0v) is 12.7. The molecule has 0 heterocycles. The predicted octanol–water partition coefficient (Wildman–Crippen LogP) is 3.19. The lowest BCUT2D eigenvalue weighted by Crippen LogP contribution is -2.54. The third-order valence-corrected chi connectivity index (χ3v) is 3.74. The molecule has 1 aromatic rings. The molecule has 1 aliphatic rings. The fourth-order valence-electron chi connectivity index (χ4n) is 2.81. The number of nitrogens with zero attached hydrogens (tertiary/aromatic N) is 1. The topological polar surface area (TPSA) is 29.5 Å². The van der Waals surface area contributed by atoms with Crippen LogP contribution in [0.25, 0.3) is 0 Å². The van der Waals surface area contributed by atoms with Crippen LogP contribution in [0.1, 0.15) is 33.6 Å². The van der Waals surface area contributed by atoms with E-state index in [1.165, 1.54) is 6.08 Å². The number of halogens is 1. The second kappa shape index (κ2) is 7.62. The third-order valence-electron chi connectivity index (χ3n) is 3.74. The van der Waals surface area contributed by atoms with E-state index in [9.17, 15) is 4.79 Å². The first-order valence-corrected chi connectivity index (χ1v) is 6.74. The molecule has 0 amide bonds. The summed E-state index contributed by atoms with van der Waals surface area (Å²) in [6.07, 6.45) is 4.00. The van der Waals surface area contributed by atoms with Gasteiger partial charge < -0.3 is 9.64 Å². The minimum absolute atomic E-state index is 0. The minimum atomic E-state index is -2.91. The highest BCUT2D eigenvalue weighted by molar-refractivity contribution is 5.85. The van der Waals surface area contributed by atoms with Crippen molar-refractivity contribution in [1.82, 2.24) is 4.90 Å². The van der Waals surface area contributed by atoms with Crippen molar-refractivity contribution in [1.29, 1.82) is 0 Å². The van der Waals surface area contributed by atoms with Crippen molar-refractivity contribution in [3.05, 3.63) is 48.0 Å². The normalized spacial score (nSPS) is 29.9. The molecule has 0 saturated heterocycles. The van der Waals surface area contributed by atoms with E-state index >= 15 is 0 Å². The Morgan fingerprint density at radius 1 is 1.43 bits per heavy atom. The van der Waals surface area contributed by atoms with Gasteiger partial charge in [-0.2, -0.15) is 0 Å². The van der Waals surface area contributed by atoms with Crippen molar-refractivity contribution in [3.63, 3.8) is 0 Å². The van der Waals surface area contributed by atoms with Gasteiger partial charge in [0.05, 0.1) is 6.61 Å².